The number of aliphatic hydroxyl groups is 1. The number of fused-ring (bicyclic) bond motifs is 2. The molecular weight excluding hydrogens is 468 g/mol. The lowest BCUT2D eigenvalue weighted by Gasteiger charge is -2.29. The van der Waals surface area contributed by atoms with E-state index in [2.05, 4.69) is 20.7 Å². The van der Waals surface area contributed by atoms with Crippen LogP contribution in [0.3, 0.4) is 0 Å². The number of aliphatic hydroxyl groups excluding tert-OH is 1. The van der Waals surface area contributed by atoms with E-state index in [4.69, 9.17) is 0 Å². The minimum atomic E-state index is -0.686. The molecule has 4 amide bonds. The van der Waals surface area contributed by atoms with Gasteiger partial charge in [-0.2, -0.15) is 5.10 Å². The number of hydrogen-bond acceptors (Lipinski definition) is 8. The molecule has 1 saturated heterocycles. The number of nitrogens with one attached hydrogen (secondary N) is 1. The van der Waals surface area contributed by atoms with Crippen molar-refractivity contribution in [1.82, 2.24) is 39.9 Å². The molecular formula is C23H22N8O5. The molecule has 0 radical (unpaired) electrons. The van der Waals surface area contributed by atoms with Crippen molar-refractivity contribution < 1.29 is 24.3 Å². The molecule has 1 fully saturated rings. The monoisotopic (exact) mass is 490 g/mol. The van der Waals surface area contributed by atoms with Crippen LogP contribution in [0.1, 0.15) is 50.5 Å². The van der Waals surface area contributed by atoms with Crippen LogP contribution in [-0.2, 0) is 35.8 Å². The number of carbonyl (C=O) groups excluding carboxylic acids is 4. The van der Waals surface area contributed by atoms with Gasteiger partial charge in [-0.3, -0.25) is 29.2 Å². The fourth-order valence-corrected chi connectivity index (χ4v) is 4.96. The topological polar surface area (TPSA) is 156 Å². The zero-order valence-electron chi connectivity index (χ0n) is 19.1. The molecule has 1 aromatic carbocycles. The van der Waals surface area contributed by atoms with E-state index >= 15 is 0 Å². The van der Waals surface area contributed by atoms with E-state index in [1.54, 1.807) is 34.0 Å². The standard InChI is InChI=1S/C23H22N8O5/c32-12-14-8-24-30-6-5-28(11-19(14)30)23(36)17-10-31(27-26-17)15-1-2-16-13(7-15)9-29(22(16)35)18-3-4-20(33)25-21(18)34/h1-2,7-8,10,18,32H,3-6,9,11-12H2,(H,25,33,34). The summed E-state index contributed by atoms with van der Waals surface area (Å²) in [6.07, 6.45) is 3.64. The molecule has 2 N–H and O–H groups in total. The van der Waals surface area contributed by atoms with Gasteiger partial charge in [0.15, 0.2) is 5.69 Å². The van der Waals surface area contributed by atoms with Crippen LogP contribution in [0.4, 0.5) is 0 Å². The molecule has 184 valence electrons. The van der Waals surface area contributed by atoms with Gasteiger partial charge in [0, 0.05) is 30.6 Å². The highest BCUT2D eigenvalue weighted by atomic mass is 16.3. The van der Waals surface area contributed by atoms with Crippen LogP contribution in [-0.4, -0.2) is 75.9 Å². The van der Waals surface area contributed by atoms with Gasteiger partial charge in [0.25, 0.3) is 11.8 Å². The van der Waals surface area contributed by atoms with Crippen LogP contribution in [0.25, 0.3) is 5.69 Å². The molecule has 0 bridgehead atoms. The Labute approximate surface area is 204 Å². The molecule has 1 unspecified atom stereocenters. The summed E-state index contributed by atoms with van der Waals surface area (Å²) in [5.74, 6) is -1.33. The third-order valence-electron chi connectivity index (χ3n) is 6.90. The van der Waals surface area contributed by atoms with Gasteiger partial charge < -0.3 is 14.9 Å². The van der Waals surface area contributed by atoms with Crippen LogP contribution in [0.15, 0.2) is 30.6 Å². The van der Waals surface area contributed by atoms with Gasteiger partial charge in [-0.1, -0.05) is 5.21 Å². The van der Waals surface area contributed by atoms with E-state index < -0.39 is 11.9 Å². The SMILES string of the molecule is O=C1CCC(N2Cc3cc(-n4cc(C(=O)N5CCn6ncc(CO)c6C5)nn4)ccc3C2=O)C(=O)N1. The van der Waals surface area contributed by atoms with Crippen LogP contribution < -0.4 is 5.32 Å². The summed E-state index contributed by atoms with van der Waals surface area (Å²) in [5.41, 5.74) is 3.51. The lowest BCUT2D eigenvalue weighted by molar-refractivity contribution is -0.136. The molecule has 36 heavy (non-hydrogen) atoms. The third-order valence-corrected chi connectivity index (χ3v) is 6.90. The average molecular weight is 490 g/mol. The molecule has 0 aliphatic carbocycles. The fourth-order valence-electron chi connectivity index (χ4n) is 4.96. The summed E-state index contributed by atoms with van der Waals surface area (Å²) in [6, 6.07) is 4.48. The first-order valence-corrected chi connectivity index (χ1v) is 11.6. The second kappa shape index (κ2) is 8.37. The van der Waals surface area contributed by atoms with Gasteiger partial charge in [0.05, 0.1) is 43.5 Å². The van der Waals surface area contributed by atoms with Gasteiger partial charge in [-0.15, -0.1) is 5.10 Å². The molecule has 3 aliphatic rings. The van der Waals surface area contributed by atoms with Crippen LogP contribution >= 0.6 is 0 Å². The number of benzene rings is 1. The normalized spacial score (nSPS) is 19.4. The zero-order chi connectivity index (χ0) is 25.0. The van der Waals surface area contributed by atoms with Crippen molar-refractivity contribution in [3.05, 3.63) is 58.7 Å². The van der Waals surface area contributed by atoms with Crippen molar-refractivity contribution >= 4 is 23.6 Å². The first kappa shape index (κ1) is 22.1. The Kier molecular flexibility index (Phi) is 5.14. The summed E-state index contributed by atoms with van der Waals surface area (Å²) in [5, 5.41) is 24.2. The van der Waals surface area contributed by atoms with Gasteiger partial charge in [0.2, 0.25) is 11.8 Å². The van der Waals surface area contributed by atoms with Crippen molar-refractivity contribution in [2.75, 3.05) is 6.54 Å². The lowest BCUT2D eigenvalue weighted by Crippen LogP contribution is -2.52. The molecule has 3 aliphatic heterocycles. The molecule has 0 spiro atoms. The molecule has 1 atom stereocenters. The van der Waals surface area contributed by atoms with Crippen LogP contribution in [0.2, 0.25) is 0 Å². The Hall–Kier alpha value is -4.39. The second-order valence-corrected chi connectivity index (χ2v) is 9.01. The lowest BCUT2D eigenvalue weighted by atomic mass is 10.0. The number of carbonyl (C=O) groups is 4. The summed E-state index contributed by atoms with van der Waals surface area (Å²) in [4.78, 5) is 52.8. The quantitative estimate of drug-likeness (QED) is 0.458. The van der Waals surface area contributed by atoms with Gasteiger partial charge >= 0.3 is 0 Å². The van der Waals surface area contributed by atoms with E-state index in [-0.39, 0.29) is 43.0 Å². The number of nitrogens with zero attached hydrogens (tertiary/aromatic N) is 7. The average Bonchev–Trinajstić information content (AvgIpc) is 3.60. The number of rotatable bonds is 4. The van der Waals surface area contributed by atoms with E-state index in [9.17, 15) is 24.3 Å². The summed E-state index contributed by atoms with van der Waals surface area (Å²) in [6.45, 7) is 1.40. The summed E-state index contributed by atoms with van der Waals surface area (Å²) in [7, 11) is 0. The fraction of sp³-hybridized carbons (Fsp3) is 0.348. The van der Waals surface area contributed by atoms with E-state index in [0.29, 0.717) is 42.9 Å². The van der Waals surface area contributed by atoms with E-state index in [1.807, 2.05) is 0 Å². The Bertz CT molecular complexity index is 1410. The Balaban J connectivity index is 1.19. The van der Waals surface area contributed by atoms with Crippen molar-refractivity contribution in [1.29, 1.82) is 0 Å². The number of amides is 4. The first-order valence-electron chi connectivity index (χ1n) is 11.6. The predicted molar refractivity (Wildman–Crippen MR) is 120 cm³/mol. The van der Waals surface area contributed by atoms with E-state index in [0.717, 1.165) is 11.3 Å². The van der Waals surface area contributed by atoms with Gasteiger partial charge in [0.1, 0.15) is 6.04 Å². The van der Waals surface area contributed by atoms with E-state index in [1.165, 1.54) is 15.8 Å². The van der Waals surface area contributed by atoms with Crippen molar-refractivity contribution in [3.8, 4) is 5.69 Å². The number of aromatic nitrogens is 5. The molecule has 3 aromatic rings. The van der Waals surface area contributed by atoms with Crippen LogP contribution in [0, 0.1) is 0 Å². The van der Waals surface area contributed by atoms with Crippen LogP contribution in [0.5, 0.6) is 0 Å². The first-order chi connectivity index (χ1) is 17.4. The maximum Gasteiger partial charge on any atom is 0.276 e. The molecule has 13 nitrogen and oxygen atoms in total. The van der Waals surface area contributed by atoms with Crippen molar-refractivity contribution in [2.45, 2.75) is 45.1 Å². The van der Waals surface area contributed by atoms with Crippen molar-refractivity contribution in [2.24, 2.45) is 0 Å². The largest absolute Gasteiger partial charge is 0.392 e. The molecule has 5 heterocycles. The number of hydrogen-bond donors (Lipinski definition) is 2. The minimum absolute atomic E-state index is 0.144. The highest BCUT2D eigenvalue weighted by Gasteiger charge is 2.39. The molecule has 13 heteroatoms. The molecule has 6 rings (SSSR count). The Morgan fingerprint density at radius 2 is 2.03 bits per heavy atom. The van der Waals surface area contributed by atoms with Gasteiger partial charge in [-0.05, 0) is 30.2 Å². The highest BCUT2D eigenvalue weighted by molar-refractivity contribution is 6.05. The smallest absolute Gasteiger partial charge is 0.276 e. The third kappa shape index (κ3) is 3.55. The molecule has 0 saturated carbocycles. The van der Waals surface area contributed by atoms with Crippen molar-refractivity contribution in [3.63, 3.8) is 0 Å². The van der Waals surface area contributed by atoms with Gasteiger partial charge in [-0.25, -0.2) is 4.68 Å². The minimum Gasteiger partial charge on any atom is -0.392 e. The second-order valence-electron chi connectivity index (χ2n) is 9.01. The number of piperidine rings is 1. The molecule has 2 aromatic heterocycles. The maximum absolute atomic E-state index is 13.1. The zero-order valence-corrected chi connectivity index (χ0v) is 19.1. The summed E-state index contributed by atoms with van der Waals surface area (Å²) >= 11 is 0. The summed E-state index contributed by atoms with van der Waals surface area (Å²) < 4.78 is 3.26. The Morgan fingerprint density at radius 1 is 1.17 bits per heavy atom. The predicted octanol–water partition coefficient (Wildman–Crippen LogP) is -0.627. The highest BCUT2D eigenvalue weighted by Crippen LogP contribution is 2.29. The maximum atomic E-state index is 13.1. The number of imide groups is 1. The Morgan fingerprint density at radius 3 is 2.83 bits per heavy atom.